The lowest BCUT2D eigenvalue weighted by Crippen LogP contribution is -2.53. The first kappa shape index (κ1) is 13.8. The van der Waals surface area contributed by atoms with Gasteiger partial charge in [-0.2, -0.15) is 0 Å². The first-order valence-corrected chi connectivity index (χ1v) is 7.64. The van der Waals surface area contributed by atoms with Crippen molar-refractivity contribution in [1.29, 1.82) is 0 Å². The van der Waals surface area contributed by atoms with Crippen molar-refractivity contribution >= 4 is 29.1 Å². The molecule has 1 fully saturated rings. The monoisotopic (exact) mass is 287 g/mol. The van der Waals surface area contributed by atoms with Gasteiger partial charge in [0.25, 0.3) is 0 Å². The van der Waals surface area contributed by atoms with E-state index in [9.17, 15) is 9.90 Å². The average Bonchev–Trinajstić information content (AvgIpc) is 2.74. The van der Waals surface area contributed by atoms with Crippen LogP contribution >= 0.6 is 23.1 Å². The summed E-state index contributed by atoms with van der Waals surface area (Å²) in [6, 6.07) is 0. The third-order valence-corrected chi connectivity index (χ3v) is 5.56. The summed E-state index contributed by atoms with van der Waals surface area (Å²) in [5.74, 6) is -0.747. The average molecular weight is 287 g/mol. The first-order valence-electron chi connectivity index (χ1n) is 5.95. The molecule has 1 aliphatic carbocycles. The van der Waals surface area contributed by atoms with Crippen LogP contribution < -0.4 is 5.32 Å². The van der Waals surface area contributed by atoms with Crippen LogP contribution in [-0.4, -0.2) is 39.1 Å². The minimum atomic E-state index is -0.768. The number of rotatable bonds is 4. The highest BCUT2D eigenvalue weighted by Gasteiger charge is 2.42. The van der Waals surface area contributed by atoms with E-state index in [1.165, 1.54) is 0 Å². The molecular formula is C11H17N3O2S2. The molecule has 0 radical (unpaired) electrons. The summed E-state index contributed by atoms with van der Waals surface area (Å²) in [5, 5.41) is 21.7. The number of likely N-dealkylation sites (N-methyl/N-ethyl adjacent to an activating group) is 1. The van der Waals surface area contributed by atoms with Crippen LogP contribution in [0.5, 0.6) is 0 Å². The summed E-state index contributed by atoms with van der Waals surface area (Å²) in [6.45, 7) is 1.93. The maximum Gasteiger partial charge on any atom is 0.323 e. The zero-order valence-electron chi connectivity index (χ0n) is 10.5. The Balaban J connectivity index is 2.04. The Labute approximate surface area is 114 Å². The number of aliphatic carboxylic acids is 1. The number of thioether (sulfide) groups is 1. The van der Waals surface area contributed by atoms with Gasteiger partial charge < -0.3 is 10.4 Å². The molecule has 0 spiro atoms. The SMILES string of the molecule is CNC1(C(=O)O)CCCC(Sc2nnc(C)s2)C1. The summed E-state index contributed by atoms with van der Waals surface area (Å²) in [4.78, 5) is 11.4. The first-order chi connectivity index (χ1) is 8.55. The second-order valence-electron chi connectivity index (χ2n) is 4.56. The van der Waals surface area contributed by atoms with Crippen LogP contribution in [0, 0.1) is 6.92 Å². The van der Waals surface area contributed by atoms with Crippen molar-refractivity contribution < 1.29 is 9.90 Å². The summed E-state index contributed by atoms with van der Waals surface area (Å²) in [5.41, 5.74) is -0.768. The molecule has 2 N–H and O–H groups in total. The second kappa shape index (κ2) is 5.54. The number of aromatic nitrogens is 2. The zero-order valence-corrected chi connectivity index (χ0v) is 12.1. The fourth-order valence-electron chi connectivity index (χ4n) is 2.32. The Morgan fingerprint density at radius 3 is 2.94 bits per heavy atom. The van der Waals surface area contributed by atoms with E-state index in [0.29, 0.717) is 18.1 Å². The van der Waals surface area contributed by atoms with E-state index >= 15 is 0 Å². The summed E-state index contributed by atoms with van der Waals surface area (Å²) < 4.78 is 0.940. The van der Waals surface area contributed by atoms with E-state index in [-0.39, 0.29) is 0 Å². The van der Waals surface area contributed by atoms with Gasteiger partial charge in [-0.1, -0.05) is 23.1 Å². The van der Waals surface area contributed by atoms with Gasteiger partial charge in [0.15, 0.2) is 4.34 Å². The molecule has 2 rings (SSSR count). The van der Waals surface area contributed by atoms with Crippen LogP contribution in [-0.2, 0) is 4.79 Å². The fourth-order valence-corrected chi connectivity index (χ4v) is 4.73. The number of hydrogen-bond acceptors (Lipinski definition) is 6. The number of nitrogens with zero attached hydrogens (tertiary/aromatic N) is 2. The quantitative estimate of drug-likeness (QED) is 0.881. The van der Waals surface area contributed by atoms with Crippen molar-refractivity contribution in [2.75, 3.05) is 7.05 Å². The smallest absolute Gasteiger partial charge is 0.323 e. The van der Waals surface area contributed by atoms with Gasteiger partial charge in [-0.3, -0.25) is 4.79 Å². The van der Waals surface area contributed by atoms with Crippen molar-refractivity contribution in [2.45, 2.75) is 47.7 Å². The normalized spacial score (nSPS) is 28.2. The summed E-state index contributed by atoms with van der Waals surface area (Å²) in [6.07, 6.45) is 3.32. The van der Waals surface area contributed by atoms with Crippen molar-refractivity contribution in [1.82, 2.24) is 15.5 Å². The number of carbonyl (C=O) groups is 1. The number of carboxylic acid groups (broad SMARTS) is 1. The number of hydrogen-bond donors (Lipinski definition) is 2. The van der Waals surface area contributed by atoms with E-state index in [0.717, 1.165) is 22.2 Å². The number of carboxylic acids is 1. The van der Waals surface area contributed by atoms with Gasteiger partial charge in [0.2, 0.25) is 0 Å². The fraction of sp³-hybridized carbons (Fsp3) is 0.727. The molecule has 2 unspecified atom stereocenters. The van der Waals surface area contributed by atoms with Crippen LogP contribution in [0.3, 0.4) is 0 Å². The molecule has 0 bridgehead atoms. The van der Waals surface area contributed by atoms with E-state index < -0.39 is 11.5 Å². The molecule has 100 valence electrons. The van der Waals surface area contributed by atoms with Gasteiger partial charge in [-0.25, -0.2) is 0 Å². The molecular weight excluding hydrogens is 270 g/mol. The van der Waals surface area contributed by atoms with Crippen molar-refractivity contribution in [2.24, 2.45) is 0 Å². The highest BCUT2D eigenvalue weighted by Crippen LogP contribution is 2.39. The largest absolute Gasteiger partial charge is 0.480 e. The molecule has 0 aliphatic heterocycles. The minimum Gasteiger partial charge on any atom is -0.480 e. The van der Waals surface area contributed by atoms with Gasteiger partial charge in [0, 0.05) is 5.25 Å². The molecule has 0 saturated heterocycles. The standard InChI is InChI=1S/C11H17N3O2S2/c1-7-13-14-10(17-7)18-8-4-3-5-11(6-8,12-2)9(15)16/h8,12H,3-6H2,1-2H3,(H,15,16). The topological polar surface area (TPSA) is 75.1 Å². The van der Waals surface area contributed by atoms with E-state index in [2.05, 4.69) is 15.5 Å². The van der Waals surface area contributed by atoms with Gasteiger partial charge in [-0.15, -0.1) is 10.2 Å². The molecule has 2 atom stereocenters. The molecule has 1 aromatic heterocycles. The van der Waals surface area contributed by atoms with Crippen LogP contribution in [0.2, 0.25) is 0 Å². The lowest BCUT2D eigenvalue weighted by atomic mass is 9.81. The highest BCUT2D eigenvalue weighted by molar-refractivity contribution is 8.01. The van der Waals surface area contributed by atoms with E-state index in [1.54, 1.807) is 30.1 Å². The molecule has 1 aliphatic rings. The molecule has 1 aromatic rings. The van der Waals surface area contributed by atoms with Crippen molar-refractivity contribution in [3.05, 3.63) is 5.01 Å². The van der Waals surface area contributed by atoms with Crippen LogP contribution in [0.15, 0.2) is 4.34 Å². The van der Waals surface area contributed by atoms with E-state index in [1.807, 2.05) is 6.92 Å². The van der Waals surface area contributed by atoms with Gasteiger partial charge in [0.1, 0.15) is 10.5 Å². The van der Waals surface area contributed by atoms with Crippen LogP contribution in [0.1, 0.15) is 30.7 Å². The lowest BCUT2D eigenvalue weighted by molar-refractivity contribution is -0.146. The van der Waals surface area contributed by atoms with Crippen LogP contribution in [0.25, 0.3) is 0 Å². The van der Waals surface area contributed by atoms with Gasteiger partial charge >= 0.3 is 5.97 Å². The lowest BCUT2D eigenvalue weighted by Gasteiger charge is -2.36. The summed E-state index contributed by atoms with van der Waals surface area (Å²) in [7, 11) is 1.73. The molecule has 0 amide bonds. The summed E-state index contributed by atoms with van der Waals surface area (Å²) >= 11 is 3.23. The maximum atomic E-state index is 11.4. The van der Waals surface area contributed by atoms with Crippen molar-refractivity contribution in [3.63, 3.8) is 0 Å². The Hall–Kier alpha value is -0.660. The third-order valence-electron chi connectivity index (χ3n) is 3.37. The van der Waals surface area contributed by atoms with E-state index in [4.69, 9.17) is 0 Å². The minimum absolute atomic E-state index is 0.301. The predicted molar refractivity (Wildman–Crippen MR) is 72.2 cm³/mol. The van der Waals surface area contributed by atoms with Gasteiger partial charge in [0.05, 0.1) is 0 Å². The Morgan fingerprint density at radius 2 is 2.39 bits per heavy atom. The maximum absolute atomic E-state index is 11.4. The number of aryl methyl sites for hydroxylation is 1. The van der Waals surface area contributed by atoms with Crippen molar-refractivity contribution in [3.8, 4) is 0 Å². The Kier molecular flexibility index (Phi) is 4.24. The molecule has 7 heteroatoms. The molecule has 5 nitrogen and oxygen atoms in total. The van der Waals surface area contributed by atoms with Gasteiger partial charge in [-0.05, 0) is 39.7 Å². The Bertz CT molecular complexity index is 438. The predicted octanol–water partition coefficient (Wildman–Crippen LogP) is 1.92. The molecule has 18 heavy (non-hydrogen) atoms. The zero-order chi connectivity index (χ0) is 13.2. The number of nitrogens with one attached hydrogen (secondary N) is 1. The van der Waals surface area contributed by atoms with Crippen LogP contribution in [0.4, 0.5) is 0 Å². The molecule has 1 saturated carbocycles. The second-order valence-corrected chi connectivity index (χ2v) is 7.29. The molecule has 0 aromatic carbocycles. The molecule has 1 heterocycles. The third kappa shape index (κ3) is 2.84. The Morgan fingerprint density at radius 1 is 1.61 bits per heavy atom. The highest BCUT2D eigenvalue weighted by atomic mass is 32.2.